The van der Waals surface area contributed by atoms with Crippen molar-refractivity contribution in [2.75, 3.05) is 0 Å². The first-order chi connectivity index (χ1) is 17.7. The van der Waals surface area contributed by atoms with E-state index in [1.807, 2.05) is 92.7 Å². The summed E-state index contributed by atoms with van der Waals surface area (Å²) in [5, 5.41) is 15.0. The maximum absolute atomic E-state index is 13.7. The van der Waals surface area contributed by atoms with Crippen molar-refractivity contribution in [3.05, 3.63) is 95.6 Å². The number of benzene rings is 3. The number of hydrogen-bond acceptors (Lipinski definition) is 4. The predicted octanol–water partition coefficient (Wildman–Crippen LogP) is 4.07. The molecule has 2 amide bonds. The van der Waals surface area contributed by atoms with Gasteiger partial charge in [0.1, 0.15) is 11.6 Å². The number of carbonyl (C=O) groups excluding carboxylic acids is 2. The number of nitrogens with one attached hydrogen (secondary N) is 2. The topological polar surface area (TPSA) is 95.5 Å². The normalized spacial score (nSPS) is 15.5. The Kier molecular flexibility index (Phi) is 8.03. The molecule has 6 nitrogen and oxygen atoms in total. The number of fused-ring (bicyclic) bond motifs is 1. The first kappa shape index (κ1) is 26.5. The first-order valence-corrected chi connectivity index (χ1v) is 13.0. The monoisotopic (exact) mass is 516 g/mol. The summed E-state index contributed by atoms with van der Waals surface area (Å²) in [7, 11) is 0. The van der Waals surface area contributed by atoms with Gasteiger partial charge in [0.25, 0.3) is 0 Å². The molecular weight excluding hydrogens is 484 g/mol. The molecule has 0 fully saturated rings. The molecule has 4 rings (SSSR count). The summed E-state index contributed by atoms with van der Waals surface area (Å²) in [6.45, 7) is 3.77. The van der Waals surface area contributed by atoms with Crippen LogP contribution in [0.5, 0.6) is 0 Å². The largest absolute Gasteiger partial charge is 0.480 e. The Hall–Kier alpha value is -3.58. The Morgan fingerprint density at radius 2 is 1.41 bits per heavy atom. The molecule has 192 valence electrons. The highest BCUT2D eigenvalue weighted by Crippen LogP contribution is 2.31. The number of carboxylic acids is 1. The molecule has 2 atom stereocenters. The Bertz CT molecular complexity index is 1250. The number of rotatable bonds is 9. The first-order valence-electron chi connectivity index (χ1n) is 12.4. The summed E-state index contributed by atoms with van der Waals surface area (Å²) in [5.74, 6) is -2.01. The Morgan fingerprint density at radius 1 is 0.865 bits per heavy atom. The minimum atomic E-state index is -1.28. The quantitative estimate of drug-likeness (QED) is 0.323. The number of carboxylic acid groups (broad SMARTS) is 1. The summed E-state index contributed by atoms with van der Waals surface area (Å²) in [6.07, 6.45) is 0.698. The van der Waals surface area contributed by atoms with Gasteiger partial charge in [-0.05, 0) is 33.7 Å². The molecule has 0 aliphatic heterocycles. The molecule has 0 aromatic heterocycles. The van der Waals surface area contributed by atoms with Crippen LogP contribution in [0, 0.1) is 5.92 Å². The SMILES string of the molecule is CC(C)C(S)C(=O)NC1(C(=O)NC(Cc2ccc(-c3ccccc3)cc2)C(=O)O)Cc2ccccc2C1. The molecule has 0 spiro atoms. The maximum Gasteiger partial charge on any atom is 0.326 e. The van der Waals surface area contributed by atoms with Crippen molar-refractivity contribution >= 4 is 30.4 Å². The van der Waals surface area contributed by atoms with E-state index >= 15 is 0 Å². The standard InChI is InChI=1S/C30H32N2O4S/c1-19(2)26(37)27(33)32-30(17-23-10-6-7-11-24(23)18-30)29(36)31-25(28(34)35)16-20-12-14-22(15-13-20)21-8-4-3-5-9-21/h3-15,19,25-26,37H,16-18H2,1-2H3,(H,31,36)(H,32,33)(H,34,35). The summed E-state index contributed by atoms with van der Waals surface area (Å²) in [6, 6.07) is 24.0. The van der Waals surface area contributed by atoms with Crippen molar-refractivity contribution < 1.29 is 19.5 Å². The highest BCUT2D eigenvalue weighted by molar-refractivity contribution is 7.81. The fraction of sp³-hybridized carbons (Fsp3) is 0.300. The van der Waals surface area contributed by atoms with Crippen molar-refractivity contribution in [3.8, 4) is 11.1 Å². The van der Waals surface area contributed by atoms with Crippen molar-refractivity contribution in [1.29, 1.82) is 0 Å². The molecule has 0 radical (unpaired) electrons. The second-order valence-corrected chi connectivity index (χ2v) is 10.6. The number of hydrogen-bond donors (Lipinski definition) is 4. The molecule has 3 N–H and O–H groups in total. The van der Waals surface area contributed by atoms with Crippen molar-refractivity contribution in [3.63, 3.8) is 0 Å². The fourth-order valence-electron chi connectivity index (χ4n) is 4.73. The summed E-state index contributed by atoms with van der Waals surface area (Å²) < 4.78 is 0. The lowest BCUT2D eigenvalue weighted by atomic mass is 9.92. The van der Waals surface area contributed by atoms with Crippen molar-refractivity contribution in [1.82, 2.24) is 10.6 Å². The third kappa shape index (κ3) is 6.05. The molecule has 3 aromatic carbocycles. The van der Waals surface area contributed by atoms with E-state index in [0.29, 0.717) is 0 Å². The summed E-state index contributed by atoms with van der Waals surface area (Å²) in [4.78, 5) is 38.8. The lowest BCUT2D eigenvalue weighted by Crippen LogP contribution is -2.63. The second kappa shape index (κ2) is 11.2. The molecular formula is C30H32N2O4S. The number of amides is 2. The fourth-order valence-corrected chi connectivity index (χ4v) is 4.79. The van der Waals surface area contributed by atoms with E-state index in [4.69, 9.17) is 0 Å². The van der Waals surface area contributed by atoms with Crippen LogP contribution in [0.15, 0.2) is 78.9 Å². The van der Waals surface area contributed by atoms with Gasteiger partial charge in [-0.2, -0.15) is 12.6 Å². The van der Waals surface area contributed by atoms with E-state index in [2.05, 4.69) is 23.3 Å². The van der Waals surface area contributed by atoms with Crippen LogP contribution in [0.25, 0.3) is 11.1 Å². The molecule has 3 aromatic rings. The Labute approximate surface area is 222 Å². The van der Waals surface area contributed by atoms with Crippen molar-refractivity contribution in [2.24, 2.45) is 5.92 Å². The van der Waals surface area contributed by atoms with Crippen LogP contribution in [-0.2, 0) is 33.6 Å². The van der Waals surface area contributed by atoms with Gasteiger partial charge in [0.15, 0.2) is 0 Å². The summed E-state index contributed by atoms with van der Waals surface area (Å²) >= 11 is 4.43. The molecule has 1 aliphatic carbocycles. The Balaban J connectivity index is 1.53. The molecule has 0 saturated heterocycles. The van der Waals surface area contributed by atoms with Crippen LogP contribution in [-0.4, -0.2) is 39.7 Å². The van der Waals surface area contributed by atoms with Gasteiger partial charge in [-0.1, -0.05) is 92.7 Å². The minimum Gasteiger partial charge on any atom is -0.480 e. The molecule has 37 heavy (non-hydrogen) atoms. The van der Waals surface area contributed by atoms with Crippen LogP contribution in [0.3, 0.4) is 0 Å². The van der Waals surface area contributed by atoms with Gasteiger partial charge < -0.3 is 15.7 Å². The van der Waals surface area contributed by atoms with Crippen LogP contribution in [0.2, 0.25) is 0 Å². The van der Waals surface area contributed by atoms with Crippen molar-refractivity contribution in [2.45, 2.75) is 49.9 Å². The Morgan fingerprint density at radius 3 is 1.95 bits per heavy atom. The van der Waals surface area contributed by atoms with Gasteiger partial charge in [0, 0.05) is 19.3 Å². The van der Waals surface area contributed by atoms with Gasteiger partial charge in [-0.3, -0.25) is 9.59 Å². The van der Waals surface area contributed by atoms with E-state index in [1.54, 1.807) is 0 Å². The molecule has 0 saturated carbocycles. The molecule has 0 bridgehead atoms. The smallest absolute Gasteiger partial charge is 0.326 e. The van der Waals surface area contributed by atoms with E-state index in [0.717, 1.165) is 27.8 Å². The van der Waals surface area contributed by atoms with Gasteiger partial charge >= 0.3 is 5.97 Å². The van der Waals surface area contributed by atoms with Gasteiger partial charge in [-0.25, -0.2) is 4.79 Å². The minimum absolute atomic E-state index is 0.0298. The highest BCUT2D eigenvalue weighted by Gasteiger charge is 2.46. The second-order valence-electron chi connectivity index (χ2n) is 10.0. The van der Waals surface area contributed by atoms with Gasteiger partial charge in [-0.15, -0.1) is 0 Å². The van der Waals surface area contributed by atoms with E-state index < -0.39 is 28.7 Å². The highest BCUT2D eigenvalue weighted by atomic mass is 32.1. The van der Waals surface area contributed by atoms with Gasteiger partial charge in [0.2, 0.25) is 11.8 Å². The maximum atomic E-state index is 13.7. The van der Waals surface area contributed by atoms with Crippen LogP contribution >= 0.6 is 12.6 Å². The number of carbonyl (C=O) groups is 3. The summed E-state index contributed by atoms with van der Waals surface area (Å²) in [5.41, 5.74) is 3.52. The molecule has 1 aliphatic rings. The third-order valence-electron chi connectivity index (χ3n) is 6.90. The lowest BCUT2D eigenvalue weighted by Gasteiger charge is -2.32. The van der Waals surface area contributed by atoms with Crippen LogP contribution in [0.4, 0.5) is 0 Å². The zero-order chi connectivity index (χ0) is 26.6. The van der Waals surface area contributed by atoms with E-state index in [1.165, 1.54) is 0 Å². The van der Waals surface area contributed by atoms with Gasteiger partial charge in [0.05, 0.1) is 5.25 Å². The number of aliphatic carboxylic acids is 1. The average Bonchev–Trinajstić information content (AvgIpc) is 3.28. The zero-order valence-corrected chi connectivity index (χ0v) is 21.9. The molecule has 2 unspecified atom stereocenters. The van der Waals surface area contributed by atoms with Crippen LogP contribution in [0.1, 0.15) is 30.5 Å². The lowest BCUT2D eigenvalue weighted by molar-refractivity contribution is -0.143. The zero-order valence-electron chi connectivity index (χ0n) is 21.0. The van der Waals surface area contributed by atoms with Crippen LogP contribution < -0.4 is 10.6 Å². The molecule has 7 heteroatoms. The van der Waals surface area contributed by atoms with E-state index in [9.17, 15) is 19.5 Å². The predicted molar refractivity (Wildman–Crippen MR) is 147 cm³/mol. The molecule has 0 heterocycles. The average molecular weight is 517 g/mol. The van der Waals surface area contributed by atoms with E-state index in [-0.39, 0.29) is 31.1 Å². The third-order valence-corrected chi connectivity index (χ3v) is 7.74. The number of thiol groups is 1.